The van der Waals surface area contributed by atoms with Crippen LogP contribution < -0.4 is 38.9 Å². The van der Waals surface area contributed by atoms with Gasteiger partial charge in [0.05, 0.1) is 18.2 Å². The van der Waals surface area contributed by atoms with E-state index in [9.17, 15) is 44.7 Å². The lowest BCUT2D eigenvalue weighted by molar-refractivity contribution is -0.146. The second kappa shape index (κ2) is 15.8. The fraction of sp³-hybridized carbons (Fsp3) is 0.414. The number of carboxylic acid groups (broad SMARTS) is 1. The Kier molecular flexibility index (Phi) is 12.2. The number of hydrogen-bond donors (Lipinski definition) is 12. The third-order valence-electron chi connectivity index (χ3n) is 7.37. The first-order chi connectivity index (χ1) is 21.7. The minimum absolute atomic E-state index is 0.101. The Morgan fingerprint density at radius 2 is 1.67 bits per heavy atom. The zero-order valence-electron chi connectivity index (χ0n) is 24.8. The molecule has 6 atom stereocenters. The summed E-state index contributed by atoms with van der Waals surface area (Å²) in [5.41, 5.74) is 23.5. The molecule has 46 heavy (non-hydrogen) atoms. The first kappa shape index (κ1) is 35.5. The number of carboxylic acids is 1. The molecule has 0 aromatic heterocycles. The predicted molar refractivity (Wildman–Crippen MR) is 165 cm³/mol. The molecule has 3 amide bonds. The lowest BCUT2D eigenvalue weighted by atomic mass is 9.94. The number of aliphatic carboxylic acids is 1. The minimum atomic E-state index is -2.00. The number of benzene rings is 2. The normalized spacial score (nSPS) is 21.4. The third-order valence-corrected chi connectivity index (χ3v) is 7.37. The Balaban J connectivity index is 1.86. The number of guanidine groups is 1. The standard InChI is InChI=1S/C29H40N8O9/c30-18(2-1-7-34-29(32)33)25(42)35-12-16(38)11-20-27(44)37-23(28(45)46)24(41)17-9-14(4-6-22(17)40)13-3-5-21(39)15(8-13)10-19(31)26(43)36-20/h3-6,8-9,16,18-20,23-24,38-41H,1-2,7,10-12,30-31H2,(H,35,42)(H,36,43)(H,37,44)(H,45,46)(H4,32,33,34)/t16-,18-,19+,20-,23-,24+/m0/s1. The van der Waals surface area contributed by atoms with Gasteiger partial charge in [0.15, 0.2) is 12.0 Å². The number of aliphatic hydroxyl groups is 2. The summed E-state index contributed by atoms with van der Waals surface area (Å²) in [6, 6.07) is 2.65. The number of carbonyl (C=O) groups excluding carboxylic acids is 3. The molecule has 1 heterocycles. The summed E-state index contributed by atoms with van der Waals surface area (Å²) in [6.07, 6.45) is -3.46. The van der Waals surface area contributed by atoms with Crippen molar-refractivity contribution in [2.75, 3.05) is 13.1 Å². The highest BCUT2D eigenvalue weighted by Gasteiger charge is 2.35. The number of phenols is 2. The summed E-state index contributed by atoms with van der Waals surface area (Å²) in [5, 5.41) is 59.5. The van der Waals surface area contributed by atoms with Gasteiger partial charge in [0.1, 0.15) is 23.6 Å². The number of nitrogens with two attached hydrogens (primary N) is 4. The minimum Gasteiger partial charge on any atom is -0.508 e. The van der Waals surface area contributed by atoms with Gasteiger partial charge in [-0.25, -0.2) is 4.79 Å². The van der Waals surface area contributed by atoms with Crippen LogP contribution in [0.25, 0.3) is 11.1 Å². The summed E-state index contributed by atoms with van der Waals surface area (Å²) in [6.45, 7) is -0.134. The largest absolute Gasteiger partial charge is 0.508 e. The Labute approximate surface area is 263 Å². The van der Waals surface area contributed by atoms with Gasteiger partial charge in [0, 0.05) is 31.5 Å². The van der Waals surface area contributed by atoms with Gasteiger partial charge in [-0.1, -0.05) is 12.1 Å². The molecule has 2 aromatic carbocycles. The van der Waals surface area contributed by atoms with Crippen LogP contribution in [0.4, 0.5) is 0 Å². The highest BCUT2D eigenvalue weighted by Crippen LogP contribution is 2.34. The van der Waals surface area contributed by atoms with Crippen LogP contribution in [0, 0.1) is 0 Å². The van der Waals surface area contributed by atoms with Gasteiger partial charge < -0.3 is 64.4 Å². The van der Waals surface area contributed by atoms with E-state index in [4.69, 9.17) is 22.9 Å². The van der Waals surface area contributed by atoms with Crippen LogP contribution in [0.3, 0.4) is 0 Å². The first-order valence-electron chi connectivity index (χ1n) is 14.4. The predicted octanol–water partition coefficient (Wildman–Crippen LogP) is -3.02. The molecule has 0 saturated heterocycles. The molecule has 17 heteroatoms. The van der Waals surface area contributed by atoms with Crippen LogP contribution in [0.15, 0.2) is 41.4 Å². The number of nitrogens with zero attached hydrogens (tertiary/aromatic N) is 1. The number of amides is 3. The second-order valence-electron chi connectivity index (χ2n) is 10.9. The number of aromatic hydroxyl groups is 2. The average molecular weight is 645 g/mol. The molecule has 1 aliphatic rings. The SMILES string of the molecule is NC(N)=NCCC[C@H](N)C(=O)NC[C@@H](O)C[C@@H]1NC(=O)[C@H](N)Cc2cc(ccc2O)-c2ccc(O)c(c2)[C@@H](O)[C@@H](C(=O)O)NC1=O. The van der Waals surface area contributed by atoms with E-state index in [0.717, 1.165) is 0 Å². The van der Waals surface area contributed by atoms with E-state index >= 15 is 0 Å². The fourth-order valence-electron chi connectivity index (χ4n) is 4.80. The van der Waals surface area contributed by atoms with E-state index in [0.29, 0.717) is 17.5 Å². The van der Waals surface area contributed by atoms with Crippen molar-refractivity contribution < 1.29 is 44.7 Å². The first-order valence-corrected chi connectivity index (χ1v) is 14.4. The van der Waals surface area contributed by atoms with E-state index in [-0.39, 0.29) is 42.2 Å². The van der Waals surface area contributed by atoms with E-state index in [1.54, 1.807) is 0 Å². The van der Waals surface area contributed by atoms with Crippen molar-refractivity contribution in [3.8, 4) is 22.6 Å². The maximum atomic E-state index is 13.4. The maximum Gasteiger partial charge on any atom is 0.329 e. The molecule has 0 spiro atoms. The van der Waals surface area contributed by atoms with Crippen molar-refractivity contribution in [2.45, 2.75) is 62.1 Å². The van der Waals surface area contributed by atoms with Gasteiger partial charge in [-0.05, 0) is 53.8 Å². The van der Waals surface area contributed by atoms with Gasteiger partial charge in [-0.3, -0.25) is 19.4 Å². The van der Waals surface area contributed by atoms with E-state index < -0.39 is 78.8 Å². The van der Waals surface area contributed by atoms with Crippen LogP contribution in [0.5, 0.6) is 11.5 Å². The molecule has 3 rings (SSSR count). The number of phenolic OH excluding ortho intramolecular Hbond substituents is 2. The molecular formula is C29H40N8O9. The molecule has 250 valence electrons. The molecule has 0 saturated carbocycles. The quantitative estimate of drug-likeness (QED) is 0.0697. The highest BCUT2D eigenvalue weighted by molar-refractivity contribution is 5.92. The van der Waals surface area contributed by atoms with Gasteiger partial charge in [0.2, 0.25) is 17.7 Å². The highest BCUT2D eigenvalue weighted by atomic mass is 16.4. The van der Waals surface area contributed by atoms with Gasteiger partial charge in [-0.15, -0.1) is 0 Å². The van der Waals surface area contributed by atoms with Crippen molar-refractivity contribution >= 4 is 29.7 Å². The summed E-state index contributed by atoms with van der Waals surface area (Å²) in [5.74, 6) is -4.98. The molecule has 17 nitrogen and oxygen atoms in total. The zero-order valence-corrected chi connectivity index (χ0v) is 24.8. The lowest BCUT2D eigenvalue weighted by Gasteiger charge is -2.27. The number of carbonyl (C=O) groups is 4. The van der Waals surface area contributed by atoms with E-state index in [2.05, 4.69) is 20.9 Å². The number of rotatable bonds is 10. The summed E-state index contributed by atoms with van der Waals surface area (Å²) >= 11 is 0. The molecule has 1 aliphatic heterocycles. The van der Waals surface area contributed by atoms with Crippen molar-refractivity contribution in [1.82, 2.24) is 16.0 Å². The summed E-state index contributed by atoms with van der Waals surface area (Å²) in [4.78, 5) is 54.8. The van der Waals surface area contributed by atoms with Crippen LogP contribution in [-0.2, 0) is 25.6 Å². The average Bonchev–Trinajstić information content (AvgIpc) is 3.00. The Hall–Kier alpha value is -4.97. The third kappa shape index (κ3) is 9.51. The lowest BCUT2D eigenvalue weighted by Crippen LogP contribution is -2.57. The van der Waals surface area contributed by atoms with Crippen molar-refractivity contribution in [1.29, 1.82) is 0 Å². The van der Waals surface area contributed by atoms with Crippen LogP contribution in [0.1, 0.15) is 36.5 Å². The number of fused-ring (bicyclic) bond motifs is 5. The van der Waals surface area contributed by atoms with Crippen molar-refractivity contribution in [2.24, 2.45) is 27.9 Å². The second-order valence-corrected chi connectivity index (χ2v) is 10.9. The summed E-state index contributed by atoms with van der Waals surface area (Å²) in [7, 11) is 0. The maximum absolute atomic E-state index is 13.4. The van der Waals surface area contributed by atoms with Crippen molar-refractivity contribution in [3.05, 3.63) is 47.5 Å². The van der Waals surface area contributed by atoms with Crippen LogP contribution in [-0.4, -0.2) is 98.5 Å². The smallest absolute Gasteiger partial charge is 0.329 e. The van der Waals surface area contributed by atoms with Gasteiger partial charge in [0.25, 0.3) is 0 Å². The van der Waals surface area contributed by atoms with Crippen LogP contribution >= 0.6 is 0 Å². The van der Waals surface area contributed by atoms with Crippen LogP contribution in [0.2, 0.25) is 0 Å². The molecule has 4 bridgehead atoms. The van der Waals surface area contributed by atoms with Crippen molar-refractivity contribution in [3.63, 3.8) is 0 Å². The molecule has 0 unspecified atom stereocenters. The van der Waals surface area contributed by atoms with Gasteiger partial charge >= 0.3 is 5.97 Å². The van der Waals surface area contributed by atoms with Gasteiger partial charge in [-0.2, -0.15) is 0 Å². The molecular weight excluding hydrogens is 604 g/mol. The molecule has 0 radical (unpaired) electrons. The fourth-order valence-corrected chi connectivity index (χ4v) is 4.80. The molecule has 16 N–H and O–H groups in total. The number of hydrogen-bond acceptors (Lipinski definition) is 11. The van der Waals surface area contributed by atoms with E-state index in [1.165, 1.54) is 36.4 Å². The number of nitrogens with one attached hydrogen (secondary N) is 3. The summed E-state index contributed by atoms with van der Waals surface area (Å²) < 4.78 is 0. The Morgan fingerprint density at radius 1 is 1.02 bits per heavy atom. The Morgan fingerprint density at radius 3 is 2.33 bits per heavy atom. The van der Waals surface area contributed by atoms with E-state index in [1.807, 2.05) is 0 Å². The number of aliphatic hydroxyl groups excluding tert-OH is 2. The zero-order chi connectivity index (χ0) is 34.1. The number of aliphatic imine (C=N–C) groups is 1. The molecule has 2 aromatic rings. The Bertz CT molecular complexity index is 1470. The molecule has 0 aliphatic carbocycles. The topological polar surface area (TPSA) is 322 Å². The monoisotopic (exact) mass is 644 g/mol. The molecule has 0 fully saturated rings.